The van der Waals surface area contributed by atoms with Gasteiger partial charge in [-0.05, 0) is 12.8 Å². The summed E-state index contributed by atoms with van der Waals surface area (Å²) >= 11 is 0. The third-order valence-corrected chi connectivity index (χ3v) is 13.2. The van der Waals surface area contributed by atoms with Gasteiger partial charge in [0.2, 0.25) is 6.61 Å². The first kappa shape index (κ1) is 61.6. The van der Waals surface area contributed by atoms with Gasteiger partial charge in [0.25, 0.3) is 0 Å². The van der Waals surface area contributed by atoms with E-state index >= 15 is 0 Å². The van der Waals surface area contributed by atoms with Gasteiger partial charge in [-0.1, -0.05) is 199 Å². The Morgan fingerprint density at radius 3 is 1.28 bits per heavy atom. The second-order valence-electron chi connectivity index (χ2n) is 19.2. The van der Waals surface area contributed by atoms with Crippen LogP contribution in [0.3, 0.4) is 0 Å². The molecule has 0 radical (unpaired) electrons. The molecule has 2 aliphatic heterocycles. The molecule has 0 aromatic heterocycles. The maximum Gasteiger partial charge on any atom is 0.530 e. The van der Waals surface area contributed by atoms with Crippen molar-refractivity contribution in [1.29, 1.82) is 0 Å². The average Bonchev–Trinajstić information content (AvgIpc) is 3.33. The van der Waals surface area contributed by atoms with Gasteiger partial charge in [-0.15, -0.1) is 4.89 Å². The van der Waals surface area contributed by atoms with E-state index in [0.29, 0.717) is 12.8 Å². The van der Waals surface area contributed by atoms with Crippen LogP contribution in [0.4, 0.5) is 0 Å². The van der Waals surface area contributed by atoms with Crippen LogP contribution in [0.2, 0.25) is 0 Å². The molecule has 8 N–H and O–H groups in total. The number of ether oxygens (including phenoxy) is 5. The largest absolute Gasteiger partial charge is 0.530 e. The summed E-state index contributed by atoms with van der Waals surface area (Å²) in [5.41, 5.74) is 0. The molecule has 0 amide bonds. The van der Waals surface area contributed by atoms with Gasteiger partial charge in [-0.25, -0.2) is 0 Å². The molecule has 2 aliphatic rings. The average molecular weight is 966 g/mol. The first-order valence-electron chi connectivity index (χ1n) is 26.8. The van der Waals surface area contributed by atoms with Gasteiger partial charge in [0.15, 0.2) is 18.7 Å². The van der Waals surface area contributed by atoms with Gasteiger partial charge in [-0.2, -0.15) is 0 Å². The summed E-state index contributed by atoms with van der Waals surface area (Å²) in [6, 6.07) is 0. The van der Waals surface area contributed by atoms with Crippen molar-refractivity contribution in [3.63, 3.8) is 0 Å². The van der Waals surface area contributed by atoms with Crippen LogP contribution in [0.1, 0.15) is 219 Å². The zero-order valence-corrected chi connectivity index (χ0v) is 41.7. The number of unbranched alkanes of at least 4 members (excludes halogenated alkanes) is 28. The molecule has 16 heteroatoms. The van der Waals surface area contributed by atoms with Crippen LogP contribution in [0.5, 0.6) is 0 Å². The van der Waals surface area contributed by atoms with Crippen LogP contribution in [-0.2, 0) is 37.8 Å². The summed E-state index contributed by atoms with van der Waals surface area (Å²) in [7, 11) is 0. The normalized spacial score (nSPS) is 26.2. The van der Waals surface area contributed by atoms with Gasteiger partial charge in [0, 0.05) is 6.42 Å². The minimum atomic E-state index is -1.76. The van der Waals surface area contributed by atoms with Crippen LogP contribution in [0.15, 0.2) is 0 Å². The number of carbonyl (C=O) groups excluding carboxylic acids is 2. The second-order valence-corrected chi connectivity index (χ2v) is 19.2. The summed E-state index contributed by atoms with van der Waals surface area (Å²) in [5.74, 6) is -0.511. The third-order valence-electron chi connectivity index (χ3n) is 13.2. The highest BCUT2D eigenvalue weighted by Crippen LogP contribution is 2.27. The highest BCUT2D eigenvalue weighted by Gasteiger charge is 2.47. The lowest BCUT2D eigenvalue weighted by Gasteiger charge is -2.42. The summed E-state index contributed by atoms with van der Waals surface area (Å²) in [5, 5.41) is 81.9. The second kappa shape index (κ2) is 40.1. The molecule has 67 heavy (non-hydrogen) atoms. The van der Waals surface area contributed by atoms with E-state index in [1.54, 1.807) is 0 Å². The SMILES string of the molecule is CCCCCCCCCCCCCCCCCC(=O)O[C@@H](CO[C@@H]1O[C@H](CO[C@H]2O[C@H](CO)[C@H](O)[C@H](O)[C@H]2O)[C@H](O)[C@H](O)[C@H]1O)C[O+]=C(CCCCCCCCCCCCCCCCC)OO. The molecule has 16 nitrogen and oxygen atoms in total. The van der Waals surface area contributed by atoms with E-state index in [4.69, 9.17) is 28.1 Å². The van der Waals surface area contributed by atoms with Crippen molar-refractivity contribution in [2.75, 3.05) is 26.4 Å². The number of hydrogen-bond acceptors (Lipinski definition) is 15. The first-order chi connectivity index (χ1) is 32.6. The topological polar surface area (TPSA) is 246 Å². The molecular weight excluding hydrogens is 869 g/mol. The first-order valence-corrected chi connectivity index (χ1v) is 26.8. The molecule has 0 saturated carbocycles. The van der Waals surface area contributed by atoms with E-state index in [0.717, 1.165) is 44.9 Å². The molecule has 0 aliphatic carbocycles. The predicted octanol–water partition coefficient (Wildman–Crippen LogP) is 7.61. The van der Waals surface area contributed by atoms with Crippen LogP contribution >= 0.6 is 0 Å². The molecule has 0 bridgehead atoms. The molecule has 2 heterocycles. The number of rotatable bonds is 42. The minimum absolute atomic E-state index is 0.0314. The smallest absolute Gasteiger partial charge is 0.453 e. The lowest BCUT2D eigenvalue weighted by Crippen LogP contribution is -2.61. The summed E-state index contributed by atoms with van der Waals surface area (Å²) < 4.78 is 34.0. The van der Waals surface area contributed by atoms with Crippen molar-refractivity contribution < 1.29 is 78.8 Å². The number of aliphatic hydroxyl groups is 7. The Kier molecular flexibility index (Phi) is 36.9. The van der Waals surface area contributed by atoms with Crippen LogP contribution < -0.4 is 0 Å². The molecule has 0 aromatic rings. The molecule has 2 rings (SSSR count). The number of carbonyl (C=O) groups is 1. The monoisotopic (exact) mass is 966 g/mol. The molecule has 0 spiro atoms. The molecule has 2 fully saturated rings. The van der Waals surface area contributed by atoms with Gasteiger partial charge in [0.05, 0.1) is 19.8 Å². The van der Waals surface area contributed by atoms with E-state index in [9.17, 15) is 45.8 Å². The number of hydrogen-bond donors (Lipinski definition) is 8. The van der Waals surface area contributed by atoms with Crippen LogP contribution in [0.25, 0.3) is 0 Å². The maximum atomic E-state index is 13.1. The lowest BCUT2D eigenvalue weighted by molar-refractivity contribution is -0.491. The Morgan fingerprint density at radius 1 is 0.493 bits per heavy atom. The fraction of sp³-hybridized carbons (Fsp3) is 0.961. The standard InChI is InChI=1S/C51H96O16/c1-3-5-7-9-11-13-15-17-19-21-23-25-27-29-31-33-42(53)64-39(36-61-43(67-60)34-32-30-28-26-24-22-20-18-16-14-12-10-8-6-4-2)37-62-50-49(59)47(57)45(55)41(66-50)38-63-51-48(58)46(56)44(54)40(35-52)65-51/h39-41,44-52,54-59H,3-38H2,1-2H3/p+1/t39-,40-,41-,44+,45+,46+,47+,48-,49-,50-,51+/m1/s1. The van der Waals surface area contributed by atoms with E-state index in [2.05, 4.69) is 18.7 Å². The quantitative estimate of drug-likeness (QED) is 0.00965. The Bertz CT molecular complexity index is 1190. The van der Waals surface area contributed by atoms with E-state index in [1.165, 1.54) is 141 Å². The summed E-state index contributed by atoms with van der Waals surface area (Å²) in [4.78, 5) is 17.6. The third kappa shape index (κ3) is 27.6. The van der Waals surface area contributed by atoms with Crippen molar-refractivity contribution in [3.8, 4) is 0 Å². The molecule has 11 atom stereocenters. The summed E-state index contributed by atoms with van der Waals surface area (Å²) in [6.07, 6.45) is 19.9. The highest BCUT2D eigenvalue weighted by molar-refractivity contribution is 5.70. The minimum Gasteiger partial charge on any atom is -0.453 e. The zero-order chi connectivity index (χ0) is 48.9. The van der Waals surface area contributed by atoms with Crippen molar-refractivity contribution in [2.24, 2.45) is 0 Å². The van der Waals surface area contributed by atoms with Crippen molar-refractivity contribution >= 4 is 11.9 Å². The van der Waals surface area contributed by atoms with E-state index < -0.39 is 86.7 Å². The zero-order valence-electron chi connectivity index (χ0n) is 41.7. The lowest BCUT2D eigenvalue weighted by atomic mass is 9.98. The van der Waals surface area contributed by atoms with Gasteiger partial charge in [-0.3, -0.25) is 4.79 Å². The Morgan fingerprint density at radius 2 is 0.866 bits per heavy atom. The molecule has 0 aromatic carbocycles. The Balaban J connectivity index is 1.85. The van der Waals surface area contributed by atoms with Crippen molar-refractivity contribution in [1.82, 2.24) is 0 Å². The van der Waals surface area contributed by atoms with E-state index in [-0.39, 0.29) is 25.6 Å². The molecular formula is C51H97O16+. The Labute approximate surface area is 403 Å². The van der Waals surface area contributed by atoms with Gasteiger partial charge in [0.1, 0.15) is 55.3 Å². The number of aliphatic hydroxyl groups excluding tert-OH is 7. The summed E-state index contributed by atoms with van der Waals surface area (Å²) in [6.45, 7) is 2.67. The fourth-order valence-corrected chi connectivity index (χ4v) is 8.76. The molecule has 2 saturated heterocycles. The highest BCUT2D eigenvalue weighted by atomic mass is 17.1. The van der Waals surface area contributed by atoms with Crippen LogP contribution in [-0.4, -0.2) is 147 Å². The van der Waals surface area contributed by atoms with Crippen molar-refractivity contribution in [3.05, 3.63) is 0 Å². The number of esters is 1. The van der Waals surface area contributed by atoms with Gasteiger partial charge < -0.3 is 63.9 Å². The fourth-order valence-electron chi connectivity index (χ4n) is 8.76. The Hall–Kier alpha value is -1.54. The van der Waals surface area contributed by atoms with E-state index in [1.807, 2.05) is 0 Å². The van der Waals surface area contributed by atoms with Gasteiger partial charge >= 0.3 is 11.9 Å². The van der Waals surface area contributed by atoms with Crippen molar-refractivity contribution in [2.45, 2.75) is 287 Å². The molecule has 0 unspecified atom stereocenters. The van der Waals surface area contributed by atoms with Crippen LogP contribution in [0, 0.1) is 0 Å². The predicted molar refractivity (Wildman–Crippen MR) is 255 cm³/mol. The molecule has 396 valence electrons. The maximum absolute atomic E-state index is 13.1.